The average Bonchev–Trinajstić information content (AvgIpc) is 3.26. The van der Waals surface area contributed by atoms with Crippen LogP contribution in [0.1, 0.15) is 41.1 Å². The van der Waals surface area contributed by atoms with Crippen LogP contribution in [0.5, 0.6) is 5.88 Å². The summed E-state index contributed by atoms with van der Waals surface area (Å²) in [5.74, 6) is -0.677. The van der Waals surface area contributed by atoms with E-state index in [0.717, 1.165) is 10.7 Å². The number of aryl methyl sites for hydroxylation is 3. The molecule has 3 rings (SSSR count). The number of aromatic nitrogens is 5. The van der Waals surface area contributed by atoms with Crippen molar-refractivity contribution in [2.75, 3.05) is 26.4 Å². The van der Waals surface area contributed by atoms with Crippen LogP contribution < -0.4 is 4.74 Å². The second-order valence-corrected chi connectivity index (χ2v) is 8.88. The fraction of sp³-hybridized carbons (Fsp3) is 0.480. The zero-order valence-electron chi connectivity index (χ0n) is 21.6. The van der Waals surface area contributed by atoms with E-state index >= 15 is 0 Å². The molecule has 15 heteroatoms. The fourth-order valence-electron chi connectivity index (χ4n) is 3.77. The summed E-state index contributed by atoms with van der Waals surface area (Å²) in [6, 6.07) is 3.54. The quantitative estimate of drug-likeness (QED) is 0.239. The van der Waals surface area contributed by atoms with E-state index in [9.17, 15) is 31.1 Å². The first-order chi connectivity index (χ1) is 18.8. The van der Waals surface area contributed by atoms with Gasteiger partial charge in [-0.3, -0.25) is 9.48 Å². The van der Waals surface area contributed by atoms with E-state index in [1.165, 1.54) is 25.4 Å². The molecule has 0 bridgehead atoms. The standard InChI is InChI=1S/C25H27F6N5O4/c1-15-10-17(33-34-22(15)19-14-36(2)35-23(19)25(29,30)31)4-5-18(38)11-16-12-20(24(26,27)28)32-21(13-16)40-8-3-7-39-9-6-37/h10,12-14,37H,3-9,11H2,1-2H3. The molecule has 0 spiro atoms. The van der Waals surface area contributed by atoms with Crippen LogP contribution in [-0.2, 0) is 41.8 Å². The van der Waals surface area contributed by atoms with Crippen LogP contribution in [-0.4, -0.2) is 62.3 Å². The molecule has 1 N–H and O–H groups in total. The number of aliphatic hydroxyl groups excluding tert-OH is 1. The molecule has 3 heterocycles. The smallest absolute Gasteiger partial charge is 0.435 e. The number of hydrogen-bond acceptors (Lipinski definition) is 8. The van der Waals surface area contributed by atoms with Crippen LogP contribution in [0, 0.1) is 6.92 Å². The molecule has 0 radical (unpaired) electrons. The largest absolute Gasteiger partial charge is 0.478 e. The average molecular weight is 576 g/mol. The van der Waals surface area contributed by atoms with Crippen LogP contribution in [0.3, 0.4) is 0 Å². The lowest BCUT2D eigenvalue weighted by Crippen LogP contribution is -2.13. The molecule has 0 atom stereocenters. The van der Waals surface area contributed by atoms with Crippen LogP contribution in [0.25, 0.3) is 11.3 Å². The molecule has 3 aromatic rings. The van der Waals surface area contributed by atoms with Crippen molar-refractivity contribution in [3.8, 4) is 17.1 Å². The SMILES string of the molecule is Cc1cc(CCC(=O)Cc2cc(OCCCOCCO)nc(C(F)(F)F)c2)nnc1-c1cn(C)nc1C(F)(F)F. The van der Waals surface area contributed by atoms with Crippen LogP contribution in [0.2, 0.25) is 0 Å². The number of ketones is 1. The molecule has 0 aliphatic rings. The molecule has 0 saturated carbocycles. The summed E-state index contributed by atoms with van der Waals surface area (Å²) in [6.45, 7) is 1.79. The Morgan fingerprint density at radius 2 is 1.77 bits per heavy atom. The third-order valence-corrected chi connectivity index (χ3v) is 5.52. The first-order valence-corrected chi connectivity index (χ1v) is 12.1. The molecule has 0 aliphatic carbocycles. The van der Waals surface area contributed by atoms with E-state index in [-0.39, 0.29) is 68.4 Å². The number of Topliss-reactive ketones (excluding diaryl/α,β-unsaturated/α-hetero) is 1. The Balaban J connectivity index is 1.65. The normalized spacial score (nSPS) is 12.1. The number of carbonyl (C=O) groups is 1. The summed E-state index contributed by atoms with van der Waals surface area (Å²) in [5.41, 5.74) is -1.73. The van der Waals surface area contributed by atoms with Gasteiger partial charge < -0.3 is 14.6 Å². The molecule has 9 nitrogen and oxygen atoms in total. The third kappa shape index (κ3) is 8.71. The zero-order chi connectivity index (χ0) is 29.5. The highest BCUT2D eigenvalue weighted by Crippen LogP contribution is 2.36. The predicted octanol–water partition coefficient (Wildman–Crippen LogP) is 4.14. The molecule has 3 aromatic heterocycles. The lowest BCUT2D eigenvalue weighted by molar-refractivity contribution is -0.142. The topological polar surface area (TPSA) is 112 Å². The summed E-state index contributed by atoms with van der Waals surface area (Å²) in [7, 11) is 1.35. The maximum absolute atomic E-state index is 13.3. The Labute approximate surface area is 225 Å². The maximum atomic E-state index is 13.3. The number of alkyl halides is 6. The van der Waals surface area contributed by atoms with Crippen molar-refractivity contribution < 1.29 is 45.7 Å². The van der Waals surface area contributed by atoms with Gasteiger partial charge in [0.2, 0.25) is 5.88 Å². The second-order valence-electron chi connectivity index (χ2n) is 8.88. The van der Waals surface area contributed by atoms with Crippen LogP contribution >= 0.6 is 0 Å². The second kappa shape index (κ2) is 13.2. The number of halogens is 6. The van der Waals surface area contributed by atoms with Gasteiger partial charge in [-0.1, -0.05) is 0 Å². The van der Waals surface area contributed by atoms with Crippen LogP contribution in [0.4, 0.5) is 26.3 Å². The van der Waals surface area contributed by atoms with Gasteiger partial charge >= 0.3 is 12.4 Å². The summed E-state index contributed by atoms with van der Waals surface area (Å²) in [5, 5.41) is 20.0. The molecule has 218 valence electrons. The van der Waals surface area contributed by atoms with Crippen molar-refractivity contribution in [3.63, 3.8) is 0 Å². The van der Waals surface area contributed by atoms with Crippen LogP contribution in [0.15, 0.2) is 24.4 Å². The monoisotopic (exact) mass is 575 g/mol. The van der Waals surface area contributed by atoms with Gasteiger partial charge in [-0.2, -0.15) is 36.5 Å². The molecular formula is C25H27F6N5O4. The number of hydrogen-bond donors (Lipinski definition) is 1. The minimum absolute atomic E-state index is 0.000504. The van der Waals surface area contributed by atoms with Gasteiger partial charge in [0.05, 0.1) is 36.8 Å². The van der Waals surface area contributed by atoms with E-state index in [4.69, 9.17) is 14.6 Å². The molecule has 0 amide bonds. The first kappa shape index (κ1) is 30.9. The van der Waals surface area contributed by atoms with E-state index in [1.54, 1.807) is 6.92 Å². The van der Waals surface area contributed by atoms with Crippen molar-refractivity contribution in [1.29, 1.82) is 0 Å². The van der Waals surface area contributed by atoms with Gasteiger partial charge in [-0.05, 0) is 36.6 Å². The predicted molar refractivity (Wildman–Crippen MR) is 128 cm³/mol. The van der Waals surface area contributed by atoms with Crippen molar-refractivity contribution in [2.45, 2.75) is 45.0 Å². The van der Waals surface area contributed by atoms with Crippen molar-refractivity contribution in [1.82, 2.24) is 25.0 Å². The number of carbonyl (C=O) groups excluding carboxylic acids is 1. The highest BCUT2D eigenvalue weighted by molar-refractivity contribution is 5.81. The van der Waals surface area contributed by atoms with Gasteiger partial charge in [-0.15, -0.1) is 5.10 Å². The van der Waals surface area contributed by atoms with Crippen molar-refractivity contribution >= 4 is 5.78 Å². The van der Waals surface area contributed by atoms with Crippen molar-refractivity contribution in [3.05, 3.63) is 52.6 Å². The van der Waals surface area contributed by atoms with E-state index in [1.807, 2.05) is 0 Å². The molecule has 0 aliphatic heterocycles. The van der Waals surface area contributed by atoms with Gasteiger partial charge in [-0.25, -0.2) is 4.98 Å². The van der Waals surface area contributed by atoms with Gasteiger partial charge in [0.1, 0.15) is 11.5 Å². The Bertz CT molecular complexity index is 1310. The molecule has 0 fully saturated rings. The minimum atomic E-state index is -4.75. The van der Waals surface area contributed by atoms with E-state index < -0.39 is 29.5 Å². The molecule has 40 heavy (non-hydrogen) atoms. The Morgan fingerprint density at radius 1 is 1.02 bits per heavy atom. The van der Waals surface area contributed by atoms with E-state index in [0.29, 0.717) is 17.7 Å². The Kier molecular flexibility index (Phi) is 10.2. The fourth-order valence-corrected chi connectivity index (χ4v) is 3.77. The Hall–Kier alpha value is -3.59. The molecule has 0 unspecified atom stereocenters. The summed E-state index contributed by atoms with van der Waals surface area (Å²) in [6.07, 6.45) is -8.22. The highest BCUT2D eigenvalue weighted by Gasteiger charge is 2.38. The molecule has 0 aromatic carbocycles. The maximum Gasteiger partial charge on any atom is 0.435 e. The number of ether oxygens (including phenoxy) is 2. The molecule has 0 saturated heterocycles. The summed E-state index contributed by atoms with van der Waals surface area (Å²) < 4.78 is 91.4. The van der Waals surface area contributed by atoms with Gasteiger partial charge in [0.25, 0.3) is 0 Å². The third-order valence-electron chi connectivity index (χ3n) is 5.52. The number of pyridine rings is 1. The zero-order valence-corrected chi connectivity index (χ0v) is 21.6. The Morgan fingerprint density at radius 3 is 2.42 bits per heavy atom. The van der Waals surface area contributed by atoms with Gasteiger partial charge in [0, 0.05) is 45.2 Å². The lowest BCUT2D eigenvalue weighted by atomic mass is 10.0. The van der Waals surface area contributed by atoms with Crippen molar-refractivity contribution in [2.24, 2.45) is 7.05 Å². The minimum Gasteiger partial charge on any atom is -0.478 e. The van der Waals surface area contributed by atoms with E-state index in [2.05, 4.69) is 20.3 Å². The molecular weight excluding hydrogens is 548 g/mol. The summed E-state index contributed by atoms with van der Waals surface area (Å²) >= 11 is 0. The highest BCUT2D eigenvalue weighted by atomic mass is 19.4. The number of nitrogens with zero attached hydrogens (tertiary/aromatic N) is 5. The first-order valence-electron chi connectivity index (χ1n) is 12.1. The number of aliphatic hydroxyl groups is 1. The lowest BCUT2D eigenvalue weighted by Gasteiger charge is -2.12. The number of rotatable bonds is 13. The van der Waals surface area contributed by atoms with Gasteiger partial charge in [0.15, 0.2) is 5.69 Å². The summed E-state index contributed by atoms with van der Waals surface area (Å²) in [4.78, 5) is 16.1.